The smallest absolute Gasteiger partial charge is 0.303 e. The third-order valence-corrected chi connectivity index (χ3v) is 8.78. The standard InChI is InChI=1S/C31H40ClNO6/c1-3-8-21-16-23-29(31(38)33(30(23)37)14-7-5-6-9-27(35)36)24-18-39-26(28(21)24)13-10-19(4-2)15-20-11-12-22(34)17-25(20)32/h11-12,15,17,23-24,26,29,34H,3-10,13-14,16,18H2,1-2H3,(H,35,36)/b19-15+/t23-,24+,26-,29-/m1/s1. The Hall–Kier alpha value is -2.64. The van der Waals surface area contributed by atoms with Crippen molar-refractivity contribution in [1.82, 2.24) is 4.90 Å². The van der Waals surface area contributed by atoms with Crippen LogP contribution >= 0.6 is 11.6 Å². The van der Waals surface area contributed by atoms with E-state index in [4.69, 9.17) is 21.4 Å². The predicted octanol–water partition coefficient (Wildman–Crippen LogP) is 6.38. The van der Waals surface area contributed by atoms with Crippen molar-refractivity contribution < 1.29 is 29.3 Å². The number of carboxylic acid groups (broad SMARTS) is 1. The highest BCUT2D eigenvalue weighted by atomic mass is 35.5. The highest BCUT2D eigenvalue weighted by molar-refractivity contribution is 6.32. The Morgan fingerprint density at radius 1 is 1.13 bits per heavy atom. The van der Waals surface area contributed by atoms with E-state index in [-0.39, 0.29) is 47.8 Å². The van der Waals surface area contributed by atoms with Gasteiger partial charge in [0.1, 0.15) is 5.75 Å². The van der Waals surface area contributed by atoms with Gasteiger partial charge >= 0.3 is 5.97 Å². The minimum atomic E-state index is -0.821. The molecule has 4 rings (SSSR count). The van der Waals surface area contributed by atoms with Gasteiger partial charge in [-0.2, -0.15) is 0 Å². The lowest BCUT2D eigenvalue weighted by molar-refractivity contribution is -0.141. The number of carboxylic acids is 1. The van der Waals surface area contributed by atoms with Crippen molar-refractivity contribution in [2.75, 3.05) is 13.2 Å². The molecule has 0 unspecified atom stereocenters. The van der Waals surface area contributed by atoms with Gasteiger partial charge in [0.15, 0.2) is 0 Å². The third kappa shape index (κ3) is 6.58. The minimum Gasteiger partial charge on any atom is -0.508 e. The Kier molecular flexibility index (Phi) is 9.89. The quantitative estimate of drug-likeness (QED) is 0.166. The number of aliphatic carboxylic acids is 1. The fourth-order valence-electron chi connectivity index (χ4n) is 6.54. The number of phenols is 1. The van der Waals surface area contributed by atoms with Gasteiger partial charge in [-0.1, -0.05) is 55.5 Å². The van der Waals surface area contributed by atoms with Gasteiger partial charge in [-0.25, -0.2) is 0 Å². The van der Waals surface area contributed by atoms with Gasteiger partial charge < -0.3 is 14.9 Å². The van der Waals surface area contributed by atoms with Gasteiger partial charge in [0.05, 0.1) is 29.6 Å². The SMILES string of the molecule is CCCC1=C2[C@@H](CC/C(=C/c3ccc(O)cc3Cl)CC)OC[C@@H]2[C@@H]2C(=O)N(CCCCCC(=O)O)C(=O)[C@@H]2C1. The summed E-state index contributed by atoms with van der Waals surface area (Å²) in [7, 11) is 0. The number of halogens is 1. The summed E-state index contributed by atoms with van der Waals surface area (Å²) >= 11 is 6.33. The highest BCUT2D eigenvalue weighted by Gasteiger charge is 2.56. The summed E-state index contributed by atoms with van der Waals surface area (Å²) in [5.41, 5.74) is 4.66. The Labute approximate surface area is 235 Å². The number of imide groups is 1. The Bertz CT molecular complexity index is 1160. The molecule has 2 aliphatic heterocycles. The monoisotopic (exact) mass is 557 g/mol. The zero-order valence-electron chi connectivity index (χ0n) is 23.0. The number of allylic oxidation sites excluding steroid dienone is 2. The Morgan fingerprint density at radius 2 is 1.92 bits per heavy atom. The molecule has 4 atom stereocenters. The molecule has 2 fully saturated rings. The van der Waals surface area contributed by atoms with E-state index in [0.29, 0.717) is 43.9 Å². The van der Waals surface area contributed by atoms with E-state index in [1.165, 1.54) is 21.6 Å². The molecule has 7 nitrogen and oxygen atoms in total. The van der Waals surface area contributed by atoms with E-state index < -0.39 is 5.97 Å². The highest BCUT2D eigenvalue weighted by Crippen LogP contribution is 2.50. The van der Waals surface area contributed by atoms with E-state index in [0.717, 1.165) is 37.7 Å². The number of carbonyl (C=O) groups excluding carboxylic acids is 2. The van der Waals surface area contributed by atoms with E-state index >= 15 is 0 Å². The summed E-state index contributed by atoms with van der Waals surface area (Å²) < 4.78 is 6.34. The fourth-order valence-corrected chi connectivity index (χ4v) is 6.77. The van der Waals surface area contributed by atoms with Crippen molar-refractivity contribution in [3.05, 3.63) is 45.5 Å². The van der Waals surface area contributed by atoms with Crippen LogP contribution < -0.4 is 0 Å². The van der Waals surface area contributed by atoms with Crippen molar-refractivity contribution in [1.29, 1.82) is 0 Å². The van der Waals surface area contributed by atoms with E-state index in [2.05, 4.69) is 19.9 Å². The average molecular weight is 558 g/mol. The van der Waals surface area contributed by atoms with Crippen molar-refractivity contribution in [3.8, 4) is 5.75 Å². The molecule has 212 valence electrons. The Morgan fingerprint density at radius 3 is 2.62 bits per heavy atom. The van der Waals surface area contributed by atoms with Crippen LogP contribution in [0.3, 0.4) is 0 Å². The molecule has 39 heavy (non-hydrogen) atoms. The van der Waals surface area contributed by atoms with Gasteiger partial charge in [-0.3, -0.25) is 19.3 Å². The summed E-state index contributed by atoms with van der Waals surface area (Å²) in [6, 6.07) is 5.00. The number of carbonyl (C=O) groups is 3. The molecule has 8 heteroatoms. The van der Waals surface area contributed by atoms with Crippen molar-refractivity contribution in [3.63, 3.8) is 0 Å². The molecule has 2 saturated heterocycles. The lowest BCUT2D eigenvalue weighted by atomic mass is 9.68. The minimum absolute atomic E-state index is 0.0515. The van der Waals surface area contributed by atoms with Crippen LogP contribution in [-0.2, 0) is 19.1 Å². The largest absolute Gasteiger partial charge is 0.508 e. The van der Waals surface area contributed by atoms with Crippen molar-refractivity contribution in [2.24, 2.45) is 17.8 Å². The molecule has 0 aromatic heterocycles. The van der Waals surface area contributed by atoms with Gasteiger partial charge in [0, 0.05) is 18.9 Å². The molecule has 2 heterocycles. The average Bonchev–Trinajstić information content (AvgIpc) is 3.42. The summed E-state index contributed by atoms with van der Waals surface area (Å²) in [6.45, 7) is 5.09. The van der Waals surface area contributed by atoms with E-state index in [9.17, 15) is 19.5 Å². The number of hydrogen-bond donors (Lipinski definition) is 2. The van der Waals surface area contributed by atoms with Crippen molar-refractivity contribution in [2.45, 2.75) is 84.2 Å². The second-order valence-corrected chi connectivity index (χ2v) is 11.4. The summed E-state index contributed by atoms with van der Waals surface area (Å²) in [5, 5.41) is 19.0. The molecule has 1 aromatic rings. The van der Waals surface area contributed by atoms with E-state index in [1.807, 2.05) is 6.07 Å². The van der Waals surface area contributed by atoms with Crippen LogP contribution in [0.2, 0.25) is 5.02 Å². The van der Waals surface area contributed by atoms with Crippen LogP contribution in [0.25, 0.3) is 6.08 Å². The Balaban J connectivity index is 1.46. The molecule has 2 N–H and O–H groups in total. The number of likely N-dealkylation sites (tertiary alicyclic amines) is 1. The molecule has 0 saturated carbocycles. The van der Waals surface area contributed by atoms with E-state index in [1.54, 1.807) is 12.1 Å². The first-order chi connectivity index (χ1) is 18.7. The van der Waals surface area contributed by atoms with Crippen LogP contribution in [0.1, 0.15) is 83.6 Å². The summed E-state index contributed by atoms with van der Waals surface area (Å²) in [4.78, 5) is 39.0. The molecule has 3 aliphatic rings. The van der Waals surface area contributed by atoms with Gasteiger partial charge in [0.25, 0.3) is 0 Å². The predicted molar refractivity (Wildman–Crippen MR) is 150 cm³/mol. The second kappa shape index (κ2) is 13.1. The first-order valence-electron chi connectivity index (χ1n) is 14.3. The van der Waals surface area contributed by atoms with Gasteiger partial charge in [-0.05, 0) is 74.3 Å². The third-order valence-electron chi connectivity index (χ3n) is 8.45. The van der Waals surface area contributed by atoms with Crippen LogP contribution in [0.4, 0.5) is 0 Å². The zero-order chi connectivity index (χ0) is 28.1. The van der Waals surface area contributed by atoms with Crippen LogP contribution in [0.5, 0.6) is 5.75 Å². The number of aromatic hydroxyl groups is 1. The normalized spacial score (nSPS) is 24.9. The molecule has 2 amide bonds. The lowest BCUT2D eigenvalue weighted by Gasteiger charge is -2.32. The summed E-state index contributed by atoms with van der Waals surface area (Å²) in [5.74, 6) is -1.54. The molecular formula is C31H40ClNO6. The number of rotatable bonds is 13. The molecule has 0 bridgehead atoms. The fraction of sp³-hybridized carbons (Fsp3) is 0.581. The molecule has 1 aliphatic carbocycles. The number of ether oxygens (including phenoxy) is 1. The van der Waals surface area contributed by atoms with Gasteiger partial charge in [0.2, 0.25) is 11.8 Å². The maximum Gasteiger partial charge on any atom is 0.303 e. The number of fused-ring (bicyclic) bond motifs is 3. The number of unbranched alkanes of at least 4 members (excludes halogenated alkanes) is 2. The van der Waals surface area contributed by atoms with Crippen molar-refractivity contribution >= 4 is 35.5 Å². The molecular weight excluding hydrogens is 518 g/mol. The van der Waals surface area contributed by atoms with Crippen LogP contribution in [-0.4, -0.2) is 52.2 Å². The molecule has 0 spiro atoms. The molecule has 0 radical (unpaired) electrons. The first-order valence-corrected chi connectivity index (χ1v) is 14.7. The number of phenolic OH excluding ortho intramolecular Hbond substituents is 1. The number of nitrogens with zero attached hydrogens (tertiary/aromatic N) is 1. The van der Waals surface area contributed by atoms with Crippen LogP contribution in [0, 0.1) is 17.8 Å². The number of hydrogen-bond acceptors (Lipinski definition) is 5. The zero-order valence-corrected chi connectivity index (χ0v) is 23.7. The maximum atomic E-state index is 13.5. The number of amides is 2. The first kappa shape index (κ1) is 29.3. The topological polar surface area (TPSA) is 104 Å². The summed E-state index contributed by atoms with van der Waals surface area (Å²) in [6.07, 6.45) is 9.02. The van der Waals surface area contributed by atoms with Gasteiger partial charge in [-0.15, -0.1) is 0 Å². The lowest BCUT2D eigenvalue weighted by Crippen LogP contribution is -2.34. The van der Waals surface area contributed by atoms with Crippen LogP contribution in [0.15, 0.2) is 34.9 Å². The second-order valence-electron chi connectivity index (χ2n) is 11.0. The molecule has 1 aromatic carbocycles. The maximum absolute atomic E-state index is 13.5. The number of benzene rings is 1.